The number of likely N-dealkylation sites (N-methyl/N-ethyl adjacent to an activating group) is 1. The van der Waals surface area contributed by atoms with Gasteiger partial charge in [-0.25, -0.2) is 4.98 Å². The van der Waals surface area contributed by atoms with Gasteiger partial charge in [0.15, 0.2) is 0 Å². The number of aromatic nitrogens is 2. The van der Waals surface area contributed by atoms with Gasteiger partial charge < -0.3 is 15.5 Å². The molecule has 0 amide bonds. The number of rotatable bonds is 7. The van der Waals surface area contributed by atoms with Crippen LogP contribution in [0.3, 0.4) is 0 Å². The molecule has 21 heavy (non-hydrogen) atoms. The van der Waals surface area contributed by atoms with Crippen molar-refractivity contribution in [1.29, 1.82) is 0 Å². The van der Waals surface area contributed by atoms with E-state index in [2.05, 4.69) is 71.8 Å². The molecule has 0 bridgehead atoms. The molecule has 2 rings (SSSR count). The fourth-order valence-electron chi connectivity index (χ4n) is 1.76. The summed E-state index contributed by atoms with van der Waals surface area (Å²) in [5, 5.41) is 9.91. The second-order valence-electron chi connectivity index (χ2n) is 6.02. The molecule has 116 valence electrons. The Balaban J connectivity index is 2.22. The second-order valence-corrected chi connectivity index (χ2v) is 6.92. The Bertz CT molecular complexity index is 591. The normalized spacial score (nSPS) is 12.1. The number of fused-ring (bicyclic) bond motifs is 1. The van der Waals surface area contributed by atoms with E-state index >= 15 is 0 Å². The van der Waals surface area contributed by atoms with E-state index in [1.54, 1.807) is 11.3 Å². The zero-order chi connectivity index (χ0) is 15.5. The SMILES string of the molecule is CCCNc1nc(NCC(C)(C)N(C)C)c2ccsc2n1. The second kappa shape index (κ2) is 6.58. The lowest BCUT2D eigenvalue weighted by molar-refractivity contribution is 0.210. The molecule has 0 fully saturated rings. The van der Waals surface area contributed by atoms with Crippen LogP contribution in [0.2, 0.25) is 0 Å². The maximum absolute atomic E-state index is 4.63. The van der Waals surface area contributed by atoms with Crippen LogP contribution >= 0.6 is 11.3 Å². The predicted octanol–water partition coefficient (Wildman–Crippen LogP) is 3.27. The summed E-state index contributed by atoms with van der Waals surface area (Å²) in [6.45, 7) is 8.27. The van der Waals surface area contributed by atoms with E-state index in [0.29, 0.717) is 5.95 Å². The van der Waals surface area contributed by atoms with Crippen LogP contribution in [0.25, 0.3) is 10.2 Å². The maximum Gasteiger partial charge on any atom is 0.226 e. The Morgan fingerprint density at radius 1 is 1.24 bits per heavy atom. The summed E-state index contributed by atoms with van der Waals surface area (Å²) >= 11 is 1.65. The number of anilines is 2. The highest BCUT2D eigenvalue weighted by Crippen LogP contribution is 2.27. The van der Waals surface area contributed by atoms with Gasteiger partial charge in [-0.05, 0) is 45.8 Å². The van der Waals surface area contributed by atoms with Crippen molar-refractivity contribution in [2.75, 3.05) is 37.8 Å². The van der Waals surface area contributed by atoms with Crippen molar-refractivity contribution in [1.82, 2.24) is 14.9 Å². The number of thiophene rings is 1. The lowest BCUT2D eigenvalue weighted by atomic mass is 10.0. The van der Waals surface area contributed by atoms with Crippen molar-refractivity contribution in [2.24, 2.45) is 0 Å². The quantitative estimate of drug-likeness (QED) is 0.822. The Morgan fingerprint density at radius 2 is 2.00 bits per heavy atom. The van der Waals surface area contributed by atoms with E-state index in [1.807, 2.05) is 0 Å². The van der Waals surface area contributed by atoms with Crippen LogP contribution in [0.15, 0.2) is 11.4 Å². The third-order valence-corrected chi connectivity index (χ3v) is 4.56. The minimum Gasteiger partial charge on any atom is -0.368 e. The molecule has 0 atom stereocenters. The molecule has 0 saturated carbocycles. The van der Waals surface area contributed by atoms with Crippen LogP contribution in [0.5, 0.6) is 0 Å². The van der Waals surface area contributed by atoms with Gasteiger partial charge in [-0.15, -0.1) is 11.3 Å². The number of hydrogen-bond donors (Lipinski definition) is 2. The van der Waals surface area contributed by atoms with Crippen molar-refractivity contribution in [3.63, 3.8) is 0 Å². The van der Waals surface area contributed by atoms with Crippen LogP contribution in [0, 0.1) is 0 Å². The van der Waals surface area contributed by atoms with E-state index in [0.717, 1.165) is 35.5 Å². The Labute approximate surface area is 130 Å². The number of nitrogens with one attached hydrogen (secondary N) is 2. The molecule has 0 aliphatic rings. The van der Waals surface area contributed by atoms with Gasteiger partial charge in [-0.1, -0.05) is 6.92 Å². The first-order valence-electron chi connectivity index (χ1n) is 7.34. The highest BCUT2D eigenvalue weighted by atomic mass is 32.1. The van der Waals surface area contributed by atoms with Crippen LogP contribution in [0.4, 0.5) is 11.8 Å². The first-order chi connectivity index (χ1) is 9.94. The molecule has 0 unspecified atom stereocenters. The van der Waals surface area contributed by atoms with Gasteiger partial charge in [0, 0.05) is 18.6 Å². The summed E-state index contributed by atoms with van der Waals surface area (Å²) in [6, 6.07) is 2.08. The molecule has 2 N–H and O–H groups in total. The van der Waals surface area contributed by atoms with Gasteiger partial charge in [0.25, 0.3) is 0 Å². The minimum atomic E-state index is 0.0598. The van der Waals surface area contributed by atoms with E-state index in [1.165, 1.54) is 0 Å². The highest BCUT2D eigenvalue weighted by Gasteiger charge is 2.21. The van der Waals surface area contributed by atoms with Gasteiger partial charge in [0.2, 0.25) is 5.95 Å². The molecule has 2 aromatic rings. The third kappa shape index (κ3) is 3.83. The molecule has 0 spiro atoms. The van der Waals surface area contributed by atoms with Gasteiger partial charge in [-0.2, -0.15) is 4.98 Å². The predicted molar refractivity (Wildman–Crippen MR) is 92.5 cm³/mol. The van der Waals surface area contributed by atoms with Crippen LogP contribution in [-0.2, 0) is 0 Å². The summed E-state index contributed by atoms with van der Waals surface area (Å²) < 4.78 is 0. The Hall–Kier alpha value is -1.40. The van der Waals surface area contributed by atoms with Crippen LogP contribution < -0.4 is 10.6 Å². The fourth-order valence-corrected chi connectivity index (χ4v) is 2.53. The molecule has 0 aliphatic carbocycles. The summed E-state index contributed by atoms with van der Waals surface area (Å²) in [5.41, 5.74) is 0.0598. The van der Waals surface area contributed by atoms with Crippen LogP contribution in [0.1, 0.15) is 27.2 Å². The lowest BCUT2D eigenvalue weighted by Gasteiger charge is -2.32. The van der Waals surface area contributed by atoms with Crippen molar-refractivity contribution < 1.29 is 0 Å². The average Bonchev–Trinajstić information content (AvgIpc) is 2.90. The smallest absolute Gasteiger partial charge is 0.226 e. The average molecular weight is 307 g/mol. The molecule has 2 aromatic heterocycles. The Kier molecular flexibility index (Phi) is 5.00. The summed E-state index contributed by atoms with van der Waals surface area (Å²) in [5.74, 6) is 1.62. The third-order valence-electron chi connectivity index (χ3n) is 3.76. The topological polar surface area (TPSA) is 53.1 Å². The van der Waals surface area contributed by atoms with Crippen molar-refractivity contribution in [3.8, 4) is 0 Å². The first-order valence-corrected chi connectivity index (χ1v) is 8.22. The maximum atomic E-state index is 4.63. The largest absolute Gasteiger partial charge is 0.368 e. The molecule has 0 radical (unpaired) electrons. The first kappa shape index (κ1) is 16.0. The fraction of sp³-hybridized carbons (Fsp3) is 0.600. The molecular formula is C15H25N5S. The Morgan fingerprint density at radius 3 is 2.67 bits per heavy atom. The van der Waals surface area contributed by atoms with E-state index in [9.17, 15) is 0 Å². The molecular weight excluding hydrogens is 282 g/mol. The lowest BCUT2D eigenvalue weighted by Crippen LogP contribution is -2.44. The van der Waals surface area contributed by atoms with Gasteiger partial charge in [0.1, 0.15) is 10.6 Å². The number of nitrogens with zero attached hydrogens (tertiary/aromatic N) is 3. The summed E-state index contributed by atoms with van der Waals surface area (Å²) in [4.78, 5) is 12.4. The van der Waals surface area contributed by atoms with Crippen molar-refractivity contribution >= 4 is 33.3 Å². The van der Waals surface area contributed by atoms with Gasteiger partial charge in [-0.3, -0.25) is 0 Å². The van der Waals surface area contributed by atoms with Gasteiger partial charge in [0.05, 0.1) is 5.39 Å². The molecule has 0 aliphatic heterocycles. The van der Waals surface area contributed by atoms with E-state index in [-0.39, 0.29) is 5.54 Å². The minimum absolute atomic E-state index is 0.0598. The monoisotopic (exact) mass is 307 g/mol. The number of hydrogen-bond acceptors (Lipinski definition) is 6. The molecule has 0 saturated heterocycles. The molecule has 5 nitrogen and oxygen atoms in total. The van der Waals surface area contributed by atoms with Crippen molar-refractivity contribution in [2.45, 2.75) is 32.7 Å². The van der Waals surface area contributed by atoms with Crippen molar-refractivity contribution in [3.05, 3.63) is 11.4 Å². The molecule has 6 heteroatoms. The molecule has 0 aromatic carbocycles. The zero-order valence-corrected chi connectivity index (χ0v) is 14.3. The summed E-state index contributed by atoms with van der Waals surface area (Å²) in [6.07, 6.45) is 1.06. The van der Waals surface area contributed by atoms with Crippen LogP contribution in [-0.4, -0.2) is 47.6 Å². The summed E-state index contributed by atoms with van der Waals surface area (Å²) in [7, 11) is 4.19. The van der Waals surface area contributed by atoms with Gasteiger partial charge >= 0.3 is 0 Å². The zero-order valence-electron chi connectivity index (χ0n) is 13.5. The standard InChI is InChI=1S/C15H25N5S/c1-6-8-16-14-18-12(11-7-9-21-13(11)19-14)17-10-15(2,3)20(4)5/h7,9H,6,8,10H2,1-5H3,(H2,16,17,18,19). The van der Waals surface area contributed by atoms with E-state index in [4.69, 9.17) is 0 Å². The molecule has 2 heterocycles. The highest BCUT2D eigenvalue weighted by molar-refractivity contribution is 7.16. The van der Waals surface area contributed by atoms with E-state index < -0.39 is 0 Å².